The molecule has 16 heavy (non-hydrogen) atoms. The lowest BCUT2D eigenvalue weighted by molar-refractivity contribution is 0.346. The maximum Gasteiger partial charge on any atom is 0.211 e. The molecule has 0 aromatic carbocycles. The molecule has 3 heterocycles. The van der Waals surface area contributed by atoms with Crippen LogP contribution in [0.15, 0.2) is 10.6 Å². The molecule has 3 nitrogen and oxygen atoms in total. The molecule has 3 rings (SSSR count). The lowest BCUT2D eigenvalue weighted by Crippen LogP contribution is -2.20. The topological polar surface area (TPSA) is 38.1 Å². The van der Waals surface area contributed by atoms with E-state index in [1.165, 1.54) is 24.3 Å². The van der Waals surface area contributed by atoms with Crippen LogP contribution >= 0.6 is 11.8 Å². The van der Waals surface area contributed by atoms with Gasteiger partial charge in [0.1, 0.15) is 5.76 Å². The van der Waals surface area contributed by atoms with E-state index in [1.54, 1.807) is 0 Å². The summed E-state index contributed by atoms with van der Waals surface area (Å²) in [6, 6.07) is 0.353. The number of hydrogen-bond donors (Lipinski definition) is 1. The van der Waals surface area contributed by atoms with Crippen molar-refractivity contribution in [3.05, 3.63) is 17.8 Å². The Labute approximate surface area is 100 Å². The summed E-state index contributed by atoms with van der Waals surface area (Å²) in [5.41, 5.74) is 0.217. The van der Waals surface area contributed by atoms with Crippen LogP contribution in [0.5, 0.6) is 0 Å². The van der Waals surface area contributed by atoms with Crippen molar-refractivity contribution in [1.29, 1.82) is 0 Å². The summed E-state index contributed by atoms with van der Waals surface area (Å²) in [7, 11) is 0. The quantitative estimate of drug-likeness (QED) is 0.859. The van der Waals surface area contributed by atoms with Gasteiger partial charge in [0.15, 0.2) is 0 Å². The maximum atomic E-state index is 5.97. The van der Waals surface area contributed by atoms with Crippen molar-refractivity contribution >= 4 is 11.8 Å². The van der Waals surface area contributed by atoms with Gasteiger partial charge in [-0.1, -0.05) is 6.92 Å². The Balaban J connectivity index is 1.81. The maximum absolute atomic E-state index is 5.97. The second kappa shape index (κ2) is 4.08. The lowest BCUT2D eigenvalue weighted by atomic mass is 9.88. The Bertz CT molecular complexity index is 365. The van der Waals surface area contributed by atoms with Crippen LogP contribution in [0.2, 0.25) is 0 Å². The molecule has 0 aliphatic carbocycles. The molecule has 1 N–H and O–H groups in total. The molecule has 2 atom stereocenters. The average molecular weight is 238 g/mol. The van der Waals surface area contributed by atoms with Crippen molar-refractivity contribution in [2.75, 3.05) is 18.1 Å². The van der Waals surface area contributed by atoms with Gasteiger partial charge in [-0.05, 0) is 31.6 Å². The number of thioether (sulfide) groups is 1. The predicted molar refractivity (Wildman–Crippen MR) is 65.8 cm³/mol. The number of nitrogens with zero attached hydrogens (tertiary/aromatic N) is 1. The number of rotatable bonds is 2. The van der Waals surface area contributed by atoms with Crippen LogP contribution in [0.4, 0.5) is 0 Å². The van der Waals surface area contributed by atoms with E-state index in [0.717, 1.165) is 24.6 Å². The zero-order chi connectivity index (χ0) is 11.0. The second-order valence-corrected chi connectivity index (χ2v) is 6.18. The normalized spacial score (nSPS) is 34.7. The second-order valence-electron chi connectivity index (χ2n) is 5.07. The standard InChI is InChI=1S/C12H18N2OS/c1-12(4-6-16-8-12)10-7-14-11(15-10)9-3-2-5-13-9/h7,9,13H,2-6,8H2,1H3. The van der Waals surface area contributed by atoms with Gasteiger partial charge < -0.3 is 9.73 Å². The summed E-state index contributed by atoms with van der Waals surface area (Å²) in [6.45, 7) is 3.38. The van der Waals surface area contributed by atoms with Crippen LogP contribution in [0.25, 0.3) is 0 Å². The minimum atomic E-state index is 0.217. The molecule has 2 unspecified atom stereocenters. The van der Waals surface area contributed by atoms with Gasteiger partial charge in [0.2, 0.25) is 5.89 Å². The molecule has 0 spiro atoms. The molecule has 4 heteroatoms. The SMILES string of the molecule is CC1(c2cnc(C3CCCN3)o2)CCSC1. The van der Waals surface area contributed by atoms with Crippen LogP contribution in [-0.4, -0.2) is 23.0 Å². The van der Waals surface area contributed by atoms with E-state index in [2.05, 4.69) is 17.2 Å². The van der Waals surface area contributed by atoms with E-state index in [0.29, 0.717) is 6.04 Å². The monoisotopic (exact) mass is 238 g/mol. The molecule has 1 aromatic heterocycles. The highest BCUT2D eigenvalue weighted by atomic mass is 32.2. The van der Waals surface area contributed by atoms with E-state index < -0.39 is 0 Å². The first-order chi connectivity index (χ1) is 7.78. The minimum Gasteiger partial charge on any atom is -0.443 e. The summed E-state index contributed by atoms with van der Waals surface area (Å²) >= 11 is 2.01. The Morgan fingerprint density at radius 1 is 1.62 bits per heavy atom. The number of hydrogen-bond acceptors (Lipinski definition) is 4. The van der Waals surface area contributed by atoms with Crippen LogP contribution in [0.1, 0.15) is 43.9 Å². The minimum absolute atomic E-state index is 0.217. The molecule has 1 aromatic rings. The van der Waals surface area contributed by atoms with E-state index in [-0.39, 0.29) is 5.41 Å². The van der Waals surface area contributed by atoms with E-state index >= 15 is 0 Å². The van der Waals surface area contributed by atoms with Gasteiger partial charge in [-0.3, -0.25) is 0 Å². The highest BCUT2D eigenvalue weighted by Crippen LogP contribution is 2.39. The van der Waals surface area contributed by atoms with Gasteiger partial charge in [-0.2, -0.15) is 11.8 Å². The van der Waals surface area contributed by atoms with Crippen LogP contribution < -0.4 is 5.32 Å². The highest BCUT2D eigenvalue weighted by molar-refractivity contribution is 7.99. The molecule has 2 fully saturated rings. The number of aromatic nitrogens is 1. The van der Waals surface area contributed by atoms with Crippen LogP contribution in [0.3, 0.4) is 0 Å². The summed E-state index contributed by atoms with van der Waals surface area (Å²) in [6.07, 6.45) is 5.55. The molecule has 0 bridgehead atoms. The largest absolute Gasteiger partial charge is 0.443 e. The third-order valence-corrected chi connectivity index (χ3v) is 5.03. The lowest BCUT2D eigenvalue weighted by Gasteiger charge is -2.18. The van der Waals surface area contributed by atoms with Crippen molar-refractivity contribution in [3.63, 3.8) is 0 Å². The Kier molecular flexibility index (Phi) is 2.72. The van der Waals surface area contributed by atoms with Gasteiger partial charge in [0, 0.05) is 11.2 Å². The first-order valence-corrected chi connectivity index (χ1v) is 7.21. The van der Waals surface area contributed by atoms with E-state index in [1.807, 2.05) is 18.0 Å². The molecular weight excluding hydrogens is 220 g/mol. The molecule has 0 radical (unpaired) electrons. The van der Waals surface area contributed by atoms with Crippen LogP contribution in [-0.2, 0) is 5.41 Å². The number of nitrogens with one attached hydrogen (secondary N) is 1. The van der Waals surface area contributed by atoms with E-state index in [9.17, 15) is 0 Å². The molecular formula is C12H18N2OS. The zero-order valence-electron chi connectivity index (χ0n) is 9.66. The van der Waals surface area contributed by atoms with Crippen molar-refractivity contribution in [2.45, 2.75) is 37.6 Å². The van der Waals surface area contributed by atoms with Gasteiger partial charge >= 0.3 is 0 Å². The highest BCUT2D eigenvalue weighted by Gasteiger charge is 2.35. The molecule has 0 saturated carbocycles. The predicted octanol–water partition coefficient (Wildman–Crippen LogP) is 2.49. The fourth-order valence-corrected chi connectivity index (χ4v) is 3.96. The molecule has 0 amide bonds. The first kappa shape index (κ1) is 10.7. The van der Waals surface area contributed by atoms with E-state index in [4.69, 9.17) is 4.42 Å². The third-order valence-electron chi connectivity index (χ3n) is 3.70. The third kappa shape index (κ3) is 1.78. The summed E-state index contributed by atoms with van der Waals surface area (Å²) in [5, 5.41) is 3.43. The Morgan fingerprint density at radius 3 is 3.25 bits per heavy atom. The fourth-order valence-electron chi connectivity index (χ4n) is 2.48. The smallest absolute Gasteiger partial charge is 0.211 e. The van der Waals surface area contributed by atoms with Crippen LogP contribution in [0, 0.1) is 0 Å². The molecule has 2 saturated heterocycles. The Hall–Kier alpha value is -0.480. The zero-order valence-corrected chi connectivity index (χ0v) is 10.5. The van der Waals surface area contributed by atoms with Gasteiger partial charge in [0.05, 0.1) is 12.2 Å². The average Bonchev–Trinajstić information content (AvgIpc) is 2.98. The summed E-state index contributed by atoms with van der Waals surface area (Å²) in [5.74, 6) is 4.39. The van der Waals surface area contributed by atoms with Crippen molar-refractivity contribution in [1.82, 2.24) is 10.3 Å². The summed E-state index contributed by atoms with van der Waals surface area (Å²) < 4.78 is 5.97. The molecule has 2 aliphatic rings. The van der Waals surface area contributed by atoms with Gasteiger partial charge in [-0.25, -0.2) is 4.98 Å². The Morgan fingerprint density at radius 2 is 2.56 bits per heavy atom. The van der Waals surface area contributed by atoms with Crippen molar-refractivity contribution in [2.24, 2.45) is 0 Å². The van der Waals surface area contributed by atoms with Gasteiger partial charge in [0.25, 0.3) is 0 Å². The fraction of sp³-hybridized carbons (Fsp3) is 0.750. The summed E-state index contributed by atoms with van der Waals surface area (Å²) in [4.78, 5) is 4.45. The van der Waals surface area contributed by atoms with Crippen molar-refractivity contribution < 1.29 is 4.42 Å². The van der Waals surface area contributed by atoms with Crippen molar-refractivity contribution in [3.8, 4) is 0 Å². The van der Waals surface area contributed by atoms with Gasteiger partial charge in [-0.15, -0.1) is 0 Å². The molecule has 88 valence electrons. The first-order valence-electron chi connectivity index (χ1n) is 6.05. The molecule has 2 aliphatic heterocycles. The number of oxazole rings is 1.